The Hall–Kier alpha value is -1.86. The summed E-state index contributed by atoms with van der Waals surface area (Å²) in [6.07, 6.45) is 2.24. The molecule has 4 heteroatoms. The molecule has 19 heavy (non-hydrogen) atoms. The number of rotatable bonds is 5. The minimum atomic E-state index is 0.477. The molecule has 4 nitrogen and oxygen atoms in total. The van der Waals surface area contributed by atoms with Crippen molar-refractivity contribution in [2.45, 2.75) is 18.8 Å². The van der Waals surface area contributed by atoms with Crippen LogP contribution in [0.3, 0.4) is 0 Å². The number of hydrogen-bond acceptors (Lipinski definition) is 4. The van der Waals surface area contributed by atoms with Crippen molar-refractivity contribution in [2.24, 2.45) is 0 Å². The predicted octanol–water partition coefficient (Wildman–Crippen LogP) is 1.91. The summed E-state index contributed by atoms with van der Waals surface area (Å²) in [5.41, 5.74) is 2.04. The molecule has 0 radical (unpaired) electrons. The summed E-state index contributed by atoms with van der Waals surface area (Å²) in [4.78, 5) is 12.4. The maximum Gasteiger partial charge on any atom is 0.293 e. The van der Waals surface area contributed by atoms with Crippen LogP contribution in [0.4, 0.5) is 0 Å². The van der Waals surface area contributed by atoms with Crippen molar-refractivity contribution in [1.29, 1.82) is 5.26 Å². The molecule has 1 heterocycles. The zero-order valence-electron chi connectivity index (χ0n) is 10.9. The zero-order chi connectivity index (χ0) is 13.5. The highest BCUT2D eigenvalue weighted by Gasteiger charge is 2.20. The van der Waals surface area contributed by atoms with Gasteiger partial charge in [-0.1, -0.05) is 12.1 Å². The number of carbonyl (C=O) groups excluding carboxylic acids is 1. The molecule has 0 aromatic heterocycles. The SMILES string of the molecule is N#Cc1ccc(C2CCN(CCOC=O)CC2)cc1. The van der Waals surface area contributed by atoms with E-state index in [-0.39, 0.29) is 0 Å². The molecule has 0 atom stereocenters. The summed E-state index contributed by atoms with van der Waals surface area (Å²) < 4.78 is 4.72. The van der Waals surface area contributed by atoms with Crippen molar-refractivity contribution >= 4 is 6.47 Å². The molecule has 0 amide bonds. The first-order valence-electron chi connectivity index (χ1n) is 6.61. The Morgan fingerprint density at radius 2 is 2.00 bits per heavy atom. The molecule has 1 aliphatic rings. The Morgan fingerprint density at radius 3 is 2.58 bits per heavy atom. The summed E-state index contributed by atoms with van der Waals surface area (Å²) in [5.74, 6) is 0.580. The lowest BCUT2D eigenvalue weighted by molar-refractivity contribution is -0.129. The summed E-state index contributed by atoms with van der Waals surface area (Å²) in [5, 5.41) is 8.78. The molecular formula is C15H18N2O2. The highest BCUT2D eigenvalue weighted by Crippen LogP contribution is 2.27. The van der Waals surface area contributed by atoms with Gasteiger partial charge in [0.05, 0.1) is 11.6 Å². The van der Waals surface area contributed by atoms with Crippen molar-refractivity contribution in [2.75, 3.05) is 26.2 Å². The van der Waals surface area contributed by atoms with Crippen LogP contribution < -0.4 is 0 Å². The van der Waals surface area contributed by atoms with Gasteiger partial charge in [0, 0.05) is 6.54 Å². The normalized spacial score (nSPS) is 16.8. The van der Waals surface area contributed by atoms with Crippen LogP contribution in [0.5, 0.6) is 0 Å². The summed E-state index contributed by atoms with van der Waals surface area (Å²) in [7, 11) is 0. The van der Waals surface area contributed by atoms with Crippen LogP contribution in [0.15, 0.2) is 24.3 Å². The molecule has 0 saturated carbocycles. The number of nitriles is 1. The van der Waals surface area contributed by atoms with E-state index in [4.69, 9.17) is 10.00 Å². The van der Waals surface area contributed by atoms with Crippen molar-refractivity contribution in [1.82, 2.24) is 4.90 Å². The standard InChI is InChI=1S/C15H18N2O2/c16-11-13-1-3-14(4-2-13)15-5-7-17(8-6-15)9-10-19-12-18/h1-4,12,15H,5-10H2. The van der Waals surface area contributed by atoms with Gasteiger partial charge in [-0.15, -0.1) is 0 Å². The topological polar surface area (TPSA) is 53.3 Å². The fraction of sp³-hybridized carbons (Fsp3) is 0.467. The predicted molar refractivity (Wildman–Crippen MR) is 71.6 cm³/mol. The van der Waals surface area contributed by atoms with Gasteiger partial charge in [-0.2, -0.15) is 5.26 Å². The van der Waals surface area contributed by atoms with E-state index in [0.717, 1.165) is 32.5 Å². The average molecular weight is 258 g/mol. The molecular weight excluding hydrogens is 240 g/mol. The zero-order valence-corrected chi connectivity index (χ0v) is 10.9. The Bertz CT molecular complexity index is 442. The molecule has 1 aromatic rings. The largest absolute Gasteiger partial charge is 0.467 e. The van der Waals surface area contributed by atoms with Crippen LogP contribution in [-0.4, -0.2) is 37.6 Å². The third-order valence-electron chi connectivity index (χ3n) is 3.69. The van der Waals surface area contributed by atoms with Crippen LogP contribution in [-0.2, 0) is 9.53 Å². The minimum absolute atomic E-state index is 0.477. The van der Waals surface area contributed by atoms with Crippen LogP contribution in [0.2, 0.25) is 0 Å². The molecule has 2 rings (SSSR count). The lowest BCUT2D eigenvalue weighted by atomic mass is 9.89. The third-order valence-corrected chi connectivity index (χ3v) is 3.69. The Balaban J connectivity index is 1.82. The van der Waals surface area contributed by atoms with Gasteiger partial charge in [-0.25, -0.2) is 0 Å². The van der Waals surface area contributed by atoms with Crippen LogP contribution in [0.25, 0.3) is 0 Å². The number of piperidine rings is 1. The van der Waals surface area contributed by atoms with Crippen molar-refractivity contribution in [3.8, 4) is 6.07 Å². The average Bonchev–Trinajstić information content (AvgIpc) is 2.48. The van der Waals surface area contributed by atoms with Gasteiger partial charge in [0.2, 0.25) is 0 Å². The Labute approximate surface area is 113 Å². The van der Waals surface area contributed by atoms with E-state index in [2.05, 4.69) is 23.1 Å². The maximum absolute atomic E-state index is 10.1. The van der Waals surface area contributed by atoms with Gasteiger partial charge in [-0.3, -0.25) is 9.69 Å². The van der Waals surface area contributed by atoms with Gasteiger partial charge in [0.15, 0.2) is 0 Å². The molecule has 100 valence electrons. The first-order chi connectivity index (χ1) is 9.33. The highest BCUT2D eigenvalue weighted by molar-refractivity contribution is 5.36. The lowest BCUT2D eigenvalue weighted by Gasteiger charge is -2.31. The molecule has 1 aromatic carbocycles. The first-order valence-corrected chi connectivity index (χ1v) is 6.61. The fourth-order valence-electron chi connectivity index (χ4n) is 2.55. The van der Waals surface area contributed by atoms with Gasteiger partial charge >= 0.3 is 0 Å². The van der Waals surface area contributed by atoms with Gasteiger partial charge in [0.1, 0.15) is 6.61 Å². The van der Waals surface area contributed by atoms with E-state index in [1.807, 2.05) is 12.1 Å². The Morgan fingerprint density at radius 1 is 1.32 bits per heavy atom. The first kappa shape index (κ1) is 13.6. The number of carbonyl (C=O) groups is 1. The fourth-order valence-corrected chi connectivity index (χ4v) is 2.55. The second-order valence-electron chi connectivity index (χ2n) is 4.82. The number of hydrogen-bond donors (Lipinski definition) is 0. The third kappa shape index (κ3) is 3.80. The Kier molecular flexibility index (Phi) is 4.93. The lowest BCUT2D eigenvalue weighted by Crippen LogP contribution is -2.35. The molecule has 1 saturated heterocycles. The molecule has 0 unspecified atom stereocenters. The minimum Gasteiger partial charge on any atom is -0.467 e. The van der Waals surface area contributed by atoms with Gasteiger partial charge in [-0.05, 0) is 49.5 Å². The quantitative estimate of drug-likeness (QED) is 0.598. The van der Waals surface area contributed by atoms with E-state index in [0.29, 0.717) is 24.6 Å². The van der Waals surface area contributed by atoms with Crippen LogP contribution >= 0.6 is 0 Å². The number of likely N-dealkylation sites (tertiary alicyclic amines) is 1. The highest BCUT2D eigenvalue weighted by atomic mass is 16.5. The summed E-state index contributed by atoms with van der Waals surface area (Å²) in [6, 6.07) is 10.0. The molecule has 0 N–H and O–H groups in total. The number of ether oxygens (including phenoxy) is 1. The van der Waals surface area contributed by atoms with E-state index in [1.54, 1.807) is 0 Å². The second-order valence-corrected chi connectivity index (χ2v) is 4.82. The number of nitrogens with zero attached hydrogens (tertiary/aromatic N) is 2. The van der Waals surface area contributed by atoms with E-state index < -0.39 is 0 Å². The van der Waals surface area contributed by atoms with Crippen LogP contribution in [0, 0.1) is 11.3 Å². The molecule has 1 fully saturated rings. The van der Waals surface area contributed by atoms with E-state index in [9.17, 15) is 4.79 Å². The van der Waals surface area contributed by atoms with Crippen molar-refractivity contribution < 1.29 is 9.53 Å². The molecule has 0 bridgehead atoms. The maximum atomic E-state index is 10.1. The smallest absolute Gasteiger partial charge is 0.293 e. The van der Waals surface area contributed by atoms with Crippen molar-refractivity contribution in [3.05, 3.63) is 35.4 Å². The molecule has 0 spiro atoms. The summed E-state index contributed by atoms with van der Waals surface area (Å²) >= 11 is 0. The van der Waals surface area contributed by atoms with Crippen molar-refractivity contribution in [3.63, 3.8) is 0 Å². The van der Waals surface area contributed by atoms with Gasteiger partial charge < -0.3 is 4.74 Å². The second kappa shape index (κ2) is 6.91. The number of benzene rings is 1. The van der Waals surface area contributed by atoms with E-state index >= 15 is 0 Å². The molecule has 0 aliphatic carbocycles. The monoisotopic (exact) mass is 258 g/mol. The summed E-state index contributed by atoms with van der Waals surface area (Å²) in [6.45, 7) is 3.87. The molecule has 1 aliphatic heterocycles. The van der Waals surface area contributed by atoms with Crippen LogP contribution in [0.1, 0.15) is 29.9 Å². The van der Waals surface area contributed by atoms with Gasteiger partial charge in [0.25, 0.3) is 6.47 Å². The van der Waals surface area contributed by atoms with E-state index in [1.165, 1.54) is 5.56 Å².